The number of aliphatic hydroxyl groups excluding tert-OH is 1. The Hall–Kier alpha value is -1.94. The Kier molecular flexibility index (Phi) is 63.0. The highest BCUT2D eigenvalue weighted by Crippen LogP contribution is 2.45. The molecule has 0 aromatic carbocycles. The highest BCUT2D eigenvalue weighted by atomic mass is 31.2. The summed E-state index contributed by atoms with van der Waals surface area (Å²) in [6, 6.07) is 0. The molecule has 0 radical (unpaired) electrons. The van der Waals surface area contributed by atoms with Gasteiger partial charge >= 0.3 is 39.5 Å². The molecule has 0 spiro atoms. The van der Waals surface area contributed by atoms with Gasteiger partial charge in [0, 0.05) is 25.7 Å². The maximum atomic E-state index is 13.0. The summed E-state index contributed by atoms with van der Waals surface area (Å²) in [5.74, 6) is -1.32. The van der Waals surface area contributed by atoms with Crippen molar-refractivity contribution in [3.63, 3.8) is 0 Å². The van der Waals surface area contributed by atoms with E-state index in [2.05, 4.69) is 34.6 Å². The number of carbonyl (C=O) groups excluding carboxylic acids is 4. The van der Waals surface area contributed by atoms with Crippen LogP contribution in [0, 0.1) is 5.92 Å². The van der Waals surface area contributed by atoms with Gasteiger partial charge in [-0.05, 0) is 31.6 Å². The molecule has 0 rings (SSSR count). The van der Waals surface area contributed by atoms with E-state index in [1.54, 1.807) is 0 Å². The van der Waals surface area contributed by atoms with Gasteiger partial charge in [-0.3, -0.25) is 37.3 Å². The summed E-state index contributed by atoms with van der Waals surface area (Å²) in [6.07, 6.45) is 51.6. The molecule has 0 aliphatic rings. The van der Waals surface area contributed by atoms with Crippen molar-refractivity contribution >= 4 is 39.5 Å². The number of phosphoric ester groups is 2. The lowest BCUT2D eigenvalue weighted by atomic mass is 9.99. The maximum Gasteiger partial charge on any atom is 0.472 e. The third-order valence-electron chi connectivity index (χ3n) is 16.9. The standard InChI is InChI=1S/C71H138O17P2/c1-6-10-13-16-18-20-22-24-25-26-27-28-30-32-38-42-47-52-57-71(76)88-67(61-82-69(74)55-50-45-40-36-34-33-35-39-44-48-53-64(5)9-4)63-86-90(79,80)84-59-65(72)58-83-89(77,78)85-62-66(60-81-68(73)54-49-43-15-12-8-3)87-70(75)56-51-46-41-37-31-29-23-21-19-17-14-11-7-2/h64-67,72H,6-63H2,1-5H3,(H,77,78)(H,79,80)/t64?,65-,66+,67+/m0/s1. The van der Waals surface area contributed by atoms with E-state index in [1.807, 2.05) is 0 Å². The summed E-state index contributed by atoms with van der Waals surface area (Å²) in [7, 11) is -9.89. The van der Waals surface area contributed by atoms with Gasteiger partial charge in [0.25, 0.3) is 0 Å². The van der Waals surface area contributed by atoms with E-state index in [1.165, 1.54) is 186 Å². The van der Waals surface area contributed by atoms with E-state index in [0.29, 0.717) is 25.7 Å². The van der Waals surface area contributed by atoms with Crippen LogP contribution >= 0.6 is 15.6 Å². The highest BCUT2D eigenvalue weighted by Gasteiger charge is 2.30. The van der Waals surface area contributed by atoms with Gasteiger partial charge in [-0.2, -0.15) is 0 Å². The van der Waals surface area contributed by atoms with Crippen molar-refractivity contribution in [3.8, 4) is 0 Å². The fourth-order valence-electron chi connectivity index (χ4n) is 10.8. The van der Waals surface area contributed by atoms with E-state index in [0.717, 1.165) is 102 Å². The molecule has 534 valence electrons. The Morgan fingerprint density at radius 3 is 0.789 bits per heavy atom. The Morgan fingerprint density at radius 1 is 0.311 bits per heavy atom. The molecule has 0 amide bonds. The molecule has 0 heterocycles. The van der Waals surface area contributed by atoms with Crippen molar-refractivity contribution in [1.29, 1.82) is 0 Å². The number of phosphoric acid groups is 2. The van der Waals surface area contributed by atoms with Crippen LogP contribution in [0.4, 0.5) is 0 Å². The van der Waals surface area contributed by atoms with Crippen molar-refractivity contribution in [2.45, 2.75) is 387 Å². The second-order valence-electron chi connectivity index (χ2n) is 25.9. The van der Waals surface area contributed by atoms with Crippen LogP contribution in [-0.2, 0) is 65.4 Å². The minimum Gasteiger partial charge on any atom is -0.462 e. The van der Waals surface area contributed by atoms with Crippen LogP contribution in [0.3, 0.4) is 0 Å². The maximum absolute atomic E-state index is 13.0. The van der Waals surface area contributed by atoms with Gasteiger partial charge in [-0.25, -0.2) is 9.13 Å². The zero-order valence-corrected chi connectivity index (χ0v) is 60.1. The topological polar surface area (TPSA) is 237 Å². The first-order chi connectivity index (χ1) is 43.6. The van der Waals surface area contributed by atoms with Crippen molar-refractivity contribution in [2.75, 3.05) is 39.6 Å². The van der Waals surface area contributed by atoms with Crippen LogP contribution in [0.5, 0.6) is 0 Å². The second kappa shape index (κ2) is 64.4. The molecule has 0 saturated carbocycles. The van der Waals surface area contributed by atoms with Gasteiger partial charge in [0.2, 0.25) is 0 Å². The molecule has 0 saturated heterocycles. The second-order valence-corrected chi connectivity index (χ2v) is 28.8. The first-order valence-electron chi connectivity index (χ1n) is 37.2. The number of carbonyl (C=O) groups is 4. The van der Waals surface area contributed by atoms with Crippen LogP contribution in [0.25, 0.3) is 0 Å². The lowest BCUT2D eigenvalue weighted by Gasteiger charge is -2.21. The van der Waals surface area contributed by atoms with Crippen LogP contribution < -0.4 is 0 Å². The average molecular weight is 1330 g/mol. The van der Waals surface area contributed by atoms with Crippen LogP contribution in [0.15, 0.2) is 0 Å². The van der Waals surface area contributed by atoms with Crippen molar-refractivity contribution in [2.24, 2.45) is 5.92 Å². The van der Waals surface area contributed by atoms with Crippen molar-refractivity contribution in [3.05, 3.63) is 0 Å². The minimum atomic E-state index is -4.95. The van der Waals surface area contributed by atoms with Crippen LogP contribution in [0.1, 0.15) is 369 Å². The summed E-state index contributed by atoms with van der Waals surface area (Å²) in [5, 5.41) is 10.6. The van der Waals surface area contributed by atoms with Crippen molar-refractivity contribution in [1.82, 2.24) is 0 Å². The van der Waals surface area contributed by atoms with E-state index in [9.17, 15) is 43.2 Å². The molecular weight excluding hydrogens is 1190 g/mol. The number of esters is 4. The van der Waals surface area contributed by atoms with Crippen LogP contribution in [0.2, 0.25) is 0 Å². The molecule has 0 aromatic rings. The number of aliphatic hydroxyl groups is 1. The monoisotopic (exact) mass is 1320 g/mol. The fourth-order valence-corrected chi connectivity index (χ4v) is 12.4. The van der Waals surface area contributed by atoms with Crippen LogP contribution in [-0.4, -0.2) is 96.7 Å². The lowest BCUT2D eigenvalue weighted by Crippen LogP contribution is -2.30. The highest BCUT2D eigenvalue weighted by molar-refractivity contribution is 7.47. The molecule has 0 aromatic heterocycles. The third-order valence-corrected chi connectivity index (χ3v) is 18.8. The number of rotatable bonds is 71. The molecule has 19 heteroatoms. The van der Waals surface area contributed by atoms with E-state index in [4.69, 9.17) is 37.0 Å². The SMILES string of the molecule is CCCCCCCCCCCCCCCCCCCCC(=O)O[C@H](COC(=O)CCCCCCCCCCCCC(C)CC)COP(=O)(O)OC[C@@H](O)COP(=O)(O)OC[C@@H](COC(=O)CCCCCCC)OC(=O)CCCCCCCCCCCCCCC. The molecule has 17 nitrogen and oxygen atoms in total. The van der Waals surface area contributed by atoms with E-state index in [-0.39, 0.29) is 25.7 Å². The van der Waals surface area contributed by atoms with Gasteiger partial charge in [0.05, 0.1) is 26.4 Å². The summed E-state index contributed by atoms with van der Waals surface area (Å²) in [6.45, 7) is 7.20. The smallest absolute Gasteiger partial charge is 0.462 e. The molecule has 3 N–H and O–H groups in total. The third kappa shape index (κ3) is 63.5. The van der Waals surface area contributed by atoms with E-state index < -0.39 is 97.5 Å². The zero-order valence-electron chi connectivity index (χ0n) is 58.3. The first-order valence-corrected chi connectivity index (χ1v) is 40.2. The lowest BCUT2D eigenvalue weighted by molar-refractivity contribution is -0.161. The normalized spacial score (nSPS) is 14.4. The number of unbranched alkanes of at least 4 members (excludes halogenated alkanes) is 42. The van der Waals surface area contributed by atoms with Gasteiger partial charge in [0.1, 0.15) is 19.3 Å². The minimum absolute atomic E-state index is 0.107. The summed E-state index contributed by atoms with van der Waals surface area (Å²) >= 11 is 0. The summed E-state index contributed by atoms with van der Waals surface area (Å²) < 4.78 is 68.1. The molecule has 0 fully saturated rings. The summed E-state index contributed by atoms with van der Waals surface area (Å²) in [4.78, 5) is 72.3. The molecule has 0 aliphatic heterocycles. The predicted molar refractivity (Wildman–Crippen MR) is 363 cm³/mol. The Labute approximate surface area is 549 Å². The van der Waals surface area contributed by atoms with Gasteiger partial charge in [-0.15, -0.1) is 0 Å². The Morgan fingerprint density at radius 2 is 0.533 bits per heavy atom. The average Bonchev–Trinajstić information content (AvgIpc) is 3.16. The molecular formula is C71H138O17P2. The quantitative estimate of drug-likeness (QED) is 0.0222. The number of hydrogen-bond acceptors (Lipinski definition) is 15. The van der Waals surface area contributed by atoms with Gasteiger partial charge in [-0.1, -0.05) is 317 Å². The molecule has 6 atom stereocenters. The Balaban J connectivity index is 5.15. The summed E-state index contributed by atoms with van der Waals surface area (Å²) in [5.41, 5.74) is 0. The predicted octanol–water partition coefficient (Wildman–Crippen LogP) is 20.5. The van der Waals surface area contributed by atoms with Gasteiger partial charge in [0.15, 0.2) is 12.2 Å². The number of ether oxygens (including phenoxy) is 4. The Bertz CT molecular complexity index is 1740. The zero-order chi connectivity index (χ0) is 66.3. The molecule has 0 bridgehead atoms. The van der Waals surface area contributed by atoms with Gasteiger partial charge < -0.3 is 33.8 Å². The largest absolute Gasteiger partial charge is 0.472 e. The fraction of sp³-hybridized carbons (Fsp3) is 0.944. The van der Waals surface area contributed by atoms with Crippen molar-refractivity contribution < 1.29 is 80.2 Å². The molecule has 90 heavy (non-hydrogen) atoms. The number of hydrogen-bond donors (Lipinski definition) is 3. The molecule has 0 aliphatic carbocycles. The van der Waals surface area contributed by atoms with E-state index >= 15 is 0 Å². The molecule has 3 unspecified atom stereocenters. The first kappa shape index (κ1) is 88.1.